The molecule has 0 atom stereocenters. The molecule has 0 aliphatic heterocycles. The number of Topliss-reactive ketones (excluding diaryl/α,β-unsaturated/α-hetero) is 1. The number of carbonyl (C=O) groups is 3. The molecule has 0 spiro atoms. The maximum Gasteiger partial charge on any atom is 0.242 e. The van der Waals surface area contributed by atoms with E-state index < -0.39 is 0 Å². The van der Waals surface area contributed by atoms with E-state index in [1.165, 1.54) is 17.1 Å². The molecule has 0 saturated heterocycles. The summed E-state index contributed by atoms with van der Waals surface area (Å²) in [7, 11) is 0. The first kappa shape index (κ1) is 19.1. The molecule has 3 rings (SSSR count). The lowest BCUT2D eigenvalue weighted by Crippen LogP contribution is -2.27. The number of hydrogen-bond donors (Lipinski definition) is 2. The molecule has 2 N–H and O–H groups in total. The quantitative estimate of drug-likeness (QED) is 0.555. The van der Waals surface area contributed by atoms with Gasteiger partial charge in [-0.05, 0) is 12.1 Å². The number of ketones is 1. The summed E-state index contributed by atoms with van der Waals surface area (Å²) >= 11 is 0. The van der Waals surface area contributed by atoms with E-state index >= 15 is 0 Å². The Hall–Kier alpha value is -3.68. The van der Waals surface area contributed by atoms with Crippen LogP contribution >= 0.6 is 0 Å². The number of amides is 2. The van der Waals surface area contributed by atoms with Crippen molar-refractivity contribution >= 4 is 23.3 Å². The van der Waals surface area contributed by atoms with Crippen LogP contribution in [0.2, 0.25) is 0 Å². The highest BCUT2D eigenvalue weighted by molar-refractivity contribution is 5.99. The predicted molar refractivity (Wildman–Crippen MR) is 101 cm³/mol. The molecule has 2 heterocycles. The third kappa shape index (κ3) is 5.66. The summed E-state index contributed by atoms with van der Waals surface area (Å²) in [5.74, 6) is 0.0587. The van der Waals surface area contributed by atoms with Crippen molar-refractivity contribution < 1.29 is 18.8 Å². The Balaban J connectivity index is 1.41. The lowest BCUT2D eigenvalue weighted by molar-refractivity contribution is -0.122. The van der Waals surface area contributed by atoms with Gasteiger partial charge >= 0.3 is 0 Å². The van der Waals surface area contributed by atoms with Crippen LogP contribution in [0.1, 0.15) is 29.0 Å². The average Bonchev–Trinajstić information content (AvgIpc) is 3.37. The zero-order chi connectivity index (χ0) is 19.8. The van der Waals surface area contributed by atoms with Gasteiger partial charge in [0.15, 0.2) is 5.78 Å². The van der Waals surface area contributed by atoms with Crippen molar-refractivity contribution in [2.75, 3.05) is 5.32 Å². The van der Waals surface area contributed by atoms with E-state index in [9.17, 15) is 14.4 Å². The second-order valence-corrected chi connectivity index (χ2v) is 6.12. The molecule has 144 valence electrons. The lowest BCUT2D eigenvalue weighted by atomic mass is 10.1. The first-order chi connectivity index (χ1) is 13.6. The Morgan fingerprint density at radius 2 is 1.82 bits per heavy atom. The van der Waals surface area contributed by atoms with Crippen LogP contribution in [0.4, 0.5) is 5.69 Å². The molecule has 0 unspecified atom stereocenters. The van der Waals surface area contributed by atoms with E-state index in [1.807, 2.05) is 6.07 Å². The van der Waals surface area contributed by atoms with Crippen molar-refractivity contribution in [1.29, 1.82) is 0 Å². The van der Waals surface area contributed by atoms with Gasteiger partial charge in [-0.25, -0.2) is 0 Å². The van der Waals surface area contributed by atoms with Gasteiger partial charge in [0.2, 0.25) is 11.8 Å². The van der Waals surface area contributed by atoms with E-state index in [2.05, 4.69) is 15.7 Å². The molecular formula is C20H20N4O4. The molecule has 3 aromatic rings. The van der Waals surface area contributed by atoms with Gasteiger partial charge in [-0.3, -0.25) is 19.1 Å². The minimum absolute atomic E-state index is 0.0169. The molecular weight excluding hydrogens is 360 g/mol. The van der Waals surface area contributed by atoms with Crippen LogP contribution in [0, 0.1) is 0 Å². The molecule has 0 aliphatic carbocycles. The van der Waals surface area contributed by atoms with Gasteiger partial charge < -0.3 is 15.1 Å². The molecule has 0 radical (unpaired) electrons. The fraction of sp³-hybridized carbons (Fsp3) is 0.200. The number of benzene rings is 1. The zero-order valence-electron chi connectivity index (χ0n) is 15.1. The Bertz CT molecular complexity index is 932. The lowest BCUT2D eigenvalue weighted by Gasteiger charge is -2.04. The van der Waals surface area contributed by atoms with Gasteiger partial charge in [0.25, 0.3) is 0 Å². The van der Waals surface area contributed by atoms with Crippen LogP contribution in [0.25, 0.3) is 0 Å². The summed E-state index contributed by atoms with van der Waals surface area (Å²) in [5.41, 5.74) is 1.06. The predicted octanol–water partition coefficient (Wildman–Crippen LogP) is 2.39. The molecule has 8 nitrogen and oxygen atoms in total. The number of furan rings is 1. The summed E-state index contributed by atoms with van der Waals surface area (Å²) in [5, 5.41) is 9.44. The van der Waals surface area contributed by atoms with E-state index in [4.69, 9.17) is 4.42 Å². The zero-order valence-corrected chi connectivity index (χ0v) is 15.1. The average molecular weight is 380 g/mol. The molecule has 28 heavy (non-hydrogen) atoms. The Labute approximate surface area is 161 Å². The number of carbonyl (C=O) groups excluding carboxylic acids is 3. The van der Waals surface area contributed by atoms with Crippen molar-refractivity contribution in [3.63, 3.8) is 0 Å². The third-order valence-electron chi connectivity index (χ3n) is 3.94. The number of hydrogen-bond acceptors (Lipinski definition) is 5. The van der Waals surface area contributed by atoms with Crippen LogP contribution < -0.4 is 10.6 Å². The normalized spacial score (nSPS) is 10.4. The van der Waals surface area contributed by atoms with Gasteiger partial charge in [-0.2, -0.15) is 5.10 Å². The highest BCUT2D eigenvalue weighted by Crippen LogP contribution is 2.09. The summed E-state index contributed by atoms with van der Waals surface area (Å²) in [6.07, 6.45) is 4.75. The second-order valence-electron chi connectivity index (χ2n) is 6.12. The standard InChI is InChI=1S/C20H20N4O4/c25-18(15-5-2-1-3-6-15)8-9-19(26)23-16-11-22-24(13-16)14-20(27)21-12-17-7-4-10-28-17/h1-7,10-11,13H,8-9,12,14H2,(H,21,27)(H,23,26). The maximum absolute atomic E-state index is 12.0. The summed E-state index contributed by atoms with van der Waals surface area (Å²) < 4.78 is 6.56. The van der Waals surface area contributed by atoms with Crippen molar-refractivity contribution in [3.05, 3.63) is 72.4 Å². The second kappa shape index (κ2) is 9.31. The largest absolute Gasteiger partial charge is 0.467 e. The van der Waals surface area contributed by atoms with Gasteiger partial charge in [0.05, 0.1) is 24.7 Å². The van der Waals surface area contributed by atoms with Crippen molar-refractivity contribution in [1.82, 2.24) is 15.1 Å². The van der Waals surface area contributed by atoms with E-state index in [0.29, 0.717) is 23.6 Å². The molecule has 2 aromatic heterocycles. The number of rotatable bonds is 9. The molecule has 0 bridgehead atoms. The monoisotopic (exact) mass is 380 g/mol. The summed E-state index contributed by atoms with van der Waals surface area (Å²) in [6.45, 7) is 0.315. The van der Waals surface area contributed by atoms with Crippen LogP contribution in [0.5, 0.6) is 0 Å². The number of nitrogens with one attached hydrogen (secondary N) is 2. The number of anilines is 1. The Kier molecular flexibility index (Phi) is 6.35. The number of aromatic nitrogens is 2. The van der Waals surface area contributed by atoms with Crippen LogP contribution in [0.3, 0.4) is 0 Å². The summed E-state index contributed by atoms with van der Waals surface area (Å²) in [6, 6.07) is 12.4. The third-order valence-corrected chi connectivity index (χ3v) is 3.94. The summed E-state index contributed by atoms with van der Waals surface area (Å²) in [4.78, 5) is 36.0. The smallest absolute Gasteiger partial charge is 0.242 e. The van der Waals surface area contributed by atoms with Crippen LogP contribution in [-0.4, -0.2) is 27.4 Å². The maximum atomic E-state index is 12.0. The Morgan fingerprint density at radius 3 is 2.57 bits per heavy atom. The van der Waals surface area contributed by atoms with Crippen molar-refractivity contribution in [2.45, 2.75) is 25.9 Å². The molecule has 0 aliphatic rings. The van der Waals surface area contributed by atoms with Crippen molar-refractivity contribution in [3.8, 4) is 0 Å². The topological polar surface area (TPSA) is 106 Å². The fourth-order valence-corrected chi connectivity index (χ4v) is 2.54. The van der Waals surface area contributed by atoms with Crippen LogP contribution in [0.15, 0.2) is 65.5 Å². The van der Waals surface area contributed by atoms with E-state index in [0.717, 1.165) is 0 Å². The molecule has 8 heteroatoms. The fourth-order valence-electron chi connectivity index (χ4n) is 2.54. The minimum Gasteiger partial charge on any atom is -0.467 e. The highest BCUT2D eigenvalue weighted by Gasteiger charge is 2.11. The van der Waals surface area contributed by atoms with E-state index in [-0.39, 0.29) is 37.0 Å². The first-order valence-corrected chi connectivity index (χ1v) is 8.80. The van der Waals surface area contributed by atoms with E-state index in [1.54, 1.807) is 42.6 Å². The molecule has 1 aromatic carbocycles. The first-order valence-electron chi connectivity index (χ1n) is 8.80. The Morgan fingerprint density at radius 1 is 1.00 bits per heavy atom. The molecule has 0 fully saturated rings. The number of nitrogens with zero attached hydrogens (tertiary/aromatic N) is 2. The van der Waals surface area contributed by atoms with Gasteiger partial charge in [0.1, 0.15) is 12.3 Å². The highest BCUT2D eigenvalue weighted by atomic mass is 16.3. The van der Waals surface area contributed by atoms with Gasteiger partial charge in [-0.15, -0.1) is 0 Å². The van der Waals surface area contributed by atoms with Crippen LogP contribution in [-0.2, 0) is 22.7 Å². The van der Waals surface area contributed by atoms with Crippen molar-refractivity contribution in [2.24, 2.45) is 0 Å². The minimum atomic E-state index is -0.286. The van der Waals surface area contributed by atoms with Gasteiger partial charge in [0, 0.05) is 24.6 Å². The van der Waals surface area contributed by atoms with Gasteiger partial charge in [-0.1, -0.05) is 30.3 Å². The SMILES string of the molecule is O=C(Cn1cc(NC(=O)CCC(=O)c2ccccc2)cn1)NCc1ccco1. The molecule has 0 saturated carbocycles. The molecule has 2 amide bonds.